The second-order valence-corrected chi connectivity index (χ2v) is 7.37. The molecule has 28 heavy (non-hydrogen) atoms. The SMILES string of the molecule is C=CCn1c(=O)c2ccccc2n2c(SCC(=O)NC(=O)NC3CC3)nnc12. The summed E-state index contributed by atoms with van der Waals surface area (Å²) in [6, 6.07) is 6.84. The van der Waals surface area contributed by atoms with Crippen molar-refractivity contribution in [2.24, 2.45) is 0 Å². The number of carbonyl (C=O) groups is 2. The van der Waals surface area contributed by atoms with Gasteiger partial charge in [-0.3, -0.25) is 23.9 Å². The predicted molar refractivity (Wildman–Crippen MR) is 105 cm³/mol. The van der Waals surface area contributed by atoms with Crippen LogP contribution in [0.2, 0.25) is 0 Å². The van der Waals surface area contributed by atoms with E-state index >= 15 is 0 Å². The number of urea groups is 1. The maximum absolute atomic E-state index is 12.7. The largest absolute Gasteiger partial charge is 0.335 e. The number of fused-ring (bicyclic) bond motifs is 3. The molecule has 3 amide bonds. The molecule has 4 rings (SSSR count). The highest BCUT2D eigenvalue weighted by Gasteiger charge is 2.24. The number of hydrogen-bond donors (Lipinski definition) is 2. The summed E-state index contributed by atoms with van der Waals surface area (Å²) in [6.07, 6.45) is 3.51. The Kier molecular flexibility index (Phi) is 4.86. The van der Waals surface area contributed by atoms with Crippen LogP contribution in [0.15, 0.2) is 46.9 Å². The number of carbonyl (C=O) groups excluding carboxylic acids is 2. The average molecular weight is 398 g/mol. The summed E-state index contributed by atoms with van der Waals surface area (Å²) < 4.78 is 3.22. The first-order valence-corrected chi connectivity index (χ1v) is 9.77. The molecule has 9 nitrogen and oxygen atoms in total. The van der Waals surface area contributed by atoms with E-state index in [0.717, 1.165) is 24.6 Å². The number of amides is 3. The lowest BCUT2D eigenvalue weighted by molar-refractivity contribution is -0.117. The Bertz CT molecular complexity index is 1150. The van der Waals surface area contributed by atoms with Gasteiger partial charge in [0.2, 0.25) is 11.7 Å². The van der Waals surface area contributed by atoms with Crippen LogP contribution >= 0.6 is 11.8 Å². The van der Waals surface area contributed by atoms with Crippen molar-refractivity contribution in [1.82, 2.24) is 29.8 Å². The number of benzene rings is 1. The molecule has 2 N–H and O–H groups in total. The summed E-state index contributed by atoms with van der Waals surface area (Å²) >= 11 is 1.14. The van der Waals surface area contributed by atoms with Crippen LogP contribution in [0.5, 0.6) is 0 Å². The van der Waals surface area contributed by atoms with Crippen molar-refractivity contribution in [3.05, 3.63) is 47.3 Å². The van der Waals surface area contributed by atoms with Crippen LogP contribution in [0, 0.1) is 0 Å². The maximum atomic E-state index is 12.7. The number of nitrogens with zero attached hydrogens (tertiary/aromatic N) is 4. The summed E-state index contributed by atoms with van der Waals surface area (Å²) in [5, 5.41) is 14.3. The highest BCUT2D eigenvalue weighted by molar-refractivity contribution is 7.99. The van der Waals surface area contributed by atoms with E-state index in [9.17, 15) is 14.4 Å². The van der Waals surface area contributed by atoms with Gasteiger partial charge in [0, 0.05) is 12.6 Å². The van der Waals surface area contributed by atoms with E-state index in [1.807, 2.05) is 6.07 Å². The minimum Gasteiger partial charge on any atom is -0.335 e. The van der Waals surface area contributed by atoms with E-state index in [2.05, 4.69) is 27.4 Å². The molecule has 1 aliphatic carbocycles. The number of allylic oxidation sites excluding steroid dienone is 1. The molecule has 10 heteroatoms. The average Bonchev–Trinajstić information content (AvgIpc) is 3.39. The van der Waals surface area contributed by atoms with Gasteiger partial charge < -0.3 is 5.32 Å². The van der Waals surface area contributed by atoms with Crippen LogP contribution in [0.3, 0.4) is 0 Å². The van der Waals surface area contributed by atoms with Gasteiger partial charge >= 0.3 is 6.03 Å². The molecule has 2 heterocycles. The van der Waals surface area contributed by atoms with Crippen LogP contribution in [-0.4, -0.2) is 42.9 Å². The summed E-state index contributed by atoms with van der Waals surface area (Å²) in [5.74, 6) is -0.0602. The molecule has 3 aromatic rings. The maximum Gasteiger partial charge on any atom is 0.321 e. The van der Waals surface area contributed by atoms with E-state index in [-0.39, 0.29) is 23.9 Å². The highest BCUT2D eigenvalue weighted by atomic mass is 32.2. The molecule has 1 fully saturated rings. The number of hydrogen-bond acceptors (Lipinski definition) is 6. The van der Waals surface area contributed by atoms with Crippen molar-refractivity contribution in [1.29, 1.82) is 0 Å². The molecule has 1 saturated carbocycles. The minimum absolute atomic E-state index is 0.00616. The first-order chi connectivity index (χ1) is 13.6. The van der Waals surface area contributed by atoms with Crippen LogP contribution in [0.4, 0.5) is 4.79 Å². The van der Waals surface area contributed by atoms with Gasteiger partial charge in [0.1, 0.15) is 0 Å². The fraction of sp³-hybridized carbons (Fsp3) is 0.278. The molecule has 0 unspecified atom stereocenters. The van der Waals surface area contributed by atoms with E-state index < -0.39 is 11.9 Å². The second-order valence-electron chi connectivity index (χ2n) is 6.42. The lowest BCUT2D eigenvalue weighted by Gasteiger charge is -2.09. The van der Waals surface area contributed by atoms with Crippen molar-refractivity contribution < 1.29 is 9.59 Å². The van der Waals surface area contributed by atoms with E-state index in [4.69, 9.17) is 0 Å². The fourth-order valence-electron chi connectivity index (χ4n) is 2.86. The molecule has 0 aliphatic heterocycles. The van der Waals surface area contributed by atoms with Gasteiger partial charge in [0.15, 0.2) is 5.16 Å². The van der Waals surface area contributed by atoms with Crippen molar-refractivity contribution in [2.75, 3.05) is 5.75 Å². The Hall–Kier alpha value is -3.14. The zero-order valence-corrected chi connectivity index (χ0v) is 15.7. The molecule has 1 aliphatic rings. The molecular weight excluding hydrogens is 380 g/mol. The molecule has 0 spiro atoms. The highest BCUT2D eigenvalue weighted by Crippen LogP contribution is 2.21. The summed E-state index contributed by atoms with van der Waals surface area (Å²) in [7, 11) is 0. The van der Waals surface area contributed by atoms with E-state index in [1.165, 1.54) is 4.57 Å². The normalized spacial score (nSPS) is 13.6. The Labute approximate surface area is 163 Å². The van der Waals surface area contributed by atoms with Crippen molar-refractivity contribution in [3.63, 3.8) is 0 Å². The number of aromatic nitrogens is 4. The van der Waals surface area contributed by atoms with Gasteiger partial charge in [-0.25, -0.2) is 4.79 Å². The monoisotopic (exact) mass is 398 g/mol. The summed E-state index contributed by atoms with van der Waals surface area (Å²) in [6.45, 7) is 3.98. The van der Waals surface area contributed by atoms with Crippen LogP contribution in [-0.2, 0) is 11.3 Å². The molecule has 0 atom stereocenters. The van der Waals surface area contributed by atoms with Gasteiger partial charge in [-0.05, 0) is 25.0 Å². The summed E-state index contributed by atoms with van der Waals surface area (Å²) in [5.41, 5.74) is 0.476. The number of para-hydroxylation sites is 1. The van der Waals surface area contributed by atoms with Crippen molar-refractivity contribution >= 4 is 40.4 Å². The number of thioether (sulfide) groups is 1. The third-order valence-corrected chi connectivity index (χ3v) is 5.22. The lowest BCUT2D eigenvalue weighted by atomic mass is 10.2. The van der Waals surface area contributed by atoms with Crippen LogP contribution < -0.4 is 16.2 Å². The lowest BCUT2D eigenvalue weighted by Crippen LogP contribution is -2.41. The third kappa shape index (κ3) is 3.50. The van der Waals surface area contributed by atoms with Gasteiger partial charge in [0.05, 0.1) is 16.7 Å². The number of rotatable bonds is 6. The molecule has 0 bridgehead atoms. The second kappa shape index (κ2) is 7.47. The molecular formula is C18H18N6O3S. The van der Waals surface area contributed by atoms with Gasteiger partial charge in [0.25, 0.3) is 5.56 Å². The van der Waals surface area contributed by atoms with E-state index in [0.29, 0.717) is 21.8 Å². The van der Waals surface area contributed by atoms with Gasteiger partial charge in [-0.2, -0.15) is 0 Å². The molecule has 144 valence electrons. The van der Waals surface area contributed by atoms with Gasteiger partial charge in [-0.1, -0.05) is 30.0 Å². The standard InChI is InChI=1S/C18H18N6O3S/c1-2-9-23-15(26)12-5-3-4-6-13(12)24-17(23)21-22-18(24)28-10-14(25)20-16(27)19-11-7-8-11/h2-6,11H,1,7-10H2,(H2,19,20,25,27). The first-order valence-electron chi connectivity index (χ1n) is 8.79. The molecule has 0 saturated heterocycles. The van der Waals surface area contributed by atoms with Crippen LogP contribution in [0.25, 0.3) is 16.7 Å². The van der Waals surface area contributed by atoms with E-state index in [1.54, 1.807) is 28.7 Å². The Morgan fingerprint density at radius 1 is 1.29 bits per heavy atom. The van der Waals surface area contributed by atoms with Crippen LogP contribution in [0.1, 0.15) is 12.8 Å². The summed E-state index contributed by atoms with van der Waals surface area (Å²) in [4.78, 5) is 36.5. The minimum atomic E-state index is -0.482. The topological polar surface area (TPSA) is 110 Å². The quantitative estimate of drug-likeness (QED) is 0.479. The molecule has 1 aromatic carbocycles. The first kappa shape index (κ1) is 18.2. The molecule has 0 radical (unpaired) electrons. The Balaban J connectivity index is 1.62. The third-order valence-electron chi connectivity index (χ3n) is 4.29. The van der Waals surface area contributed by atoms with Gasteiger partial charge in [-0.15, -0.1) is 16.8 Å². The number of nitrogens with one attached hydrogen (secondary N) is 2. The van der Waals surface area contributed by atoms with Crippen molar-refractivity contribution in [2.45, 2.75) is 30.6 Å². The van der Waals surface area contributed by atoms with Crippen molar-refractivity contribution in [3.8, 4) is 0 Å². The fourth-order valence-corrected chi connectivity index (χ4v) is 3.60. The zero-order chi connectivity index (χ0) is 19.7. The zero-order valence-electron chi connectivity index (χ0n) is 14.9. The molecule has 2 aromatic heterocycles. The predicted octanol–water partition coefficient (Wildman–Crippen LogP) is 1.31. The Morgan fingerprint density at radius 2 is 2.07 bits per heavy atom. The number of imide groups is 1. The smallest absolute Gasteiger partial charge is 0.321 e. The Morgan fingerprint density at radius 3 is 2.82 bits per heavy atom.